The van der Waals surface area contributed by atoms with Gasteiger partial charge in [-0.15, -0.1) is 0 Å². The van der Waals surface area contributed by atoms with Crippen molar-refractivity contribution in [2.24, 2.45) is 5.10 Å². The Hall–Kier alpha value is -2.57. The summed E-state index contributed by atoms with van der Waals surface area (Å²) in [6.45, 7) is -0.212. The minimum absolute atomic E-state index is 0.212. The monoisotopic (exact) mass is 379 g/mol. The molecule has 2 aromatic rings. The molecule has 25 heavy (non-hydrogen) atoms. The number of carbonyl (C=O) groups excluding carboxylic acids is 2. The van der Waals surface area contributed by atoms with Gasteiger partial charge in [0.25, 0.3) is 11.8 Å². The third kappa shape index (κ3) is 5.77. The van der Waals surface area contributed by atoms with Gasteiger partial charge in [-0.05, 0) is 36.4 Å². The standard InChI is InChI=1S/C17H15Cl2N3O3/c1-25-14-6-3-11(4-7-14)17(24)20-10-16(23)22-21-9-12-2-5-13(18)8-15(12)19/h2-9H,10H2,1H3,(H,20,24)(H,22,23)/b21-9-. The molecular weight excluding hydrogens is 365 g/mol. The number of nitrogens with zero attached hydrogens (tertiary/aromatic N) is 1. The Morgan fingerprint density at radius 3 is 2.52 bits per heavy atom. The van der Waals surface area contributed by atoms with E-state index in [4.69, 9.17) is 27.9 Å². The van der Waals surface area contributed by atoms with E-state index in [-0.39, 0.29) is 12.5 Å². The molecule has 2 aromatic carbocycles. The molecule has 2 amide bonds. The summed E-state index contributed by atoms with van der Waals surface area (Å²) in [5.74, 6) is -0.199. The zero-order valence-electron chi connectivity index (χ0n) is 13.3. The maximum atomic E-state index is 11.9. The first-order valence-electron chi connectivity index (χ1n) is 7.19. The fourth-order valence-electron chi connectivity index (χ4n) is 1.82. The number of hydrogen-bond donors (Lipinski definition) is 2. The van der Waals surface area contributed by atoms with Gasteiger partial charge in [0.05, 0.1) is 24.9 Å². The van der Waals surface area contributed by atoms with Gasteiger partial charge in [0.1, 0.15) is 5.75 Å². The predicted octanol–water partition coefficient (Wildman–Crippen LogP) is 2.88. The van der Waals surface area contributed by atoms with Crippen molar-refractivity contribution < 1.29 is 14.3 Å². The predicted molar refractivity (Wildman–Crippen MR) is 97.5 cm³/mol. The number of hydrazone groups is 1. The van der Waals surface area contributed by atoms with E-state index < -0.39 is 5.91 Å². The number of methoxy groups -OCH3 is 1. The van der Waals surface area contributed by atoms with Crippen molar-refractivity contribution in [3.63, 3.8) is 0 Å². The van der Waals surface area contributed by atoms with Crippen LogP contribution in [0.1, 0.15) is 15.9 Å². The number of rotatable bonds is 6. The molecule has 0 spiro atoms. The minimum atomic E-state index is -0.469. The first-order valence-corrected chi connectivity index (χ1v) is 7.94. The van der Waals surface area contributed by atoms with Gasteiger partial charge in [-0.2, -0.15) is 5.10 Å². The van der Waals surface area contributed by atoms with Crippen LogP contribution in [0.15, 0.2) is 47.6 Å². The van der Waals surface area contributed by atoms with Crippen LogP contribution in [0.4, 0.5) is 0 Å². The second-order valence-electron chi connectivity index (χ2n) is 4.87. The summed E-state index contributed by atoms with van der Waals surface area (Å²) in [4.78, 5) is 23.6. The Kier molecular flexibility index (Phi) is 6.80. The number of carbonyl (C=O) groups is 2. The fourth-order valence-corrected chi connectivity index (χ4v) is 2.28. The fraction of sp³-hybridized carbons (Fsp3) is 0.118. The number of ether oxygens (including phenoxy) is 1. The molecule has 0 saturated heterocycles. The third-order valence-electron chi connectivity index (χ3n) is 3.12. The first-order chi connectivity index (χ1) is 12.0. The molecule has 0 aliphatic heterocycles. The smallest absolute Gasteiger partial charge is 0.259 e. The molecule has 0 aliphatic rings. The van der Waals surface area contributed by atoms with Gasteiger partial charge in [0.2, 0.25) is 0 Å². The molecule has 0 aliphatic carbocycles. The quantitative estimate of drug-likeness (QED) is 0.598. The van der Waals surface area contributed by atoms with Crippen LogP contribution in [0.5, 0.6) is 5.75 Å². The second kappa shape index (κ2) is 9.05. The van der Waals surface area contributed by atoms with Crippen molar-refractivity contribution in [2.75, 3.05) is 13.7 Å². The zero-order chi connectivity index (χ0) is 18.2. The van der Waals surface area contributed by atoms with Crippen LogP contribution in [0.3, 0.4) is 0 Å². The molecule has 0 unspecified atom stereocenters. The van der Waals surface area contributed by atoms with Crippen molar-refractivity contribution in [2.45, 2.75) is 0 Å². The van der Waals surface area contributed by atoms with Crippen LogP contribution in [0.25, 0.3) is 0 Å². The third-order valence-corrected chi connectivity index (χ3v) is 3.68. The summed E-state index contributed by atoms with van der Waals surface area (Å²) >= 11 is 11.8. The molecule has 6 nitrogen and oxygen atoms in total. The summed E-state index contributed by atoms with van der Waals surface area (Å²) in [5.41, 5.74) is 3.33. The molecular formula is C17H15Cl2N3O3. The lowest BCUT2D eigenvalue weighted by Crippen LogP contribution is -2.34. The van der Waals surface area contributed by atoms with E-state index in [9.17, 15) is 9.59 Å². The van der Waals surface area contributed by atoms with Gasteiger partial charge in [0.15, 0.2) is 0 Å². The first kappa shape index (κ1) is 18.8. The van der Waals surface area contributed by atoms with Crippen LogP contribution < -0.4 is 15.5 Å². The van der Waals surface area contributed by atoms with E-state index in [1.54, 1.807) is 42.5 Å². The number of hydrogen-bond acceptors (Lipinski definition) is 4. The highest BCUT2D eigenvalue weighted by molar-refractivity contribution is 6.36. The highest BCUT2D eigenvalue weighted by Gasteiger charge is 2.07. The number of nitrogens with one attached hydrogen (secondary N) is 2. The Labute approximate surface area is 154 Å². The maximum Gasteiger partial charge on any atom is 0.259 e. The highest BCUT2D eigenvalue weighted by Crippen LogP contribution is 2.19. The van der Waals surface area contributed by atoms with Gasteiger partial charge in [-0.1, -0.05) is 29.3 Å². The number of halogens is 2. The molecule has 0 bridgehead atoms. The Balaban J connectivity index is 1.81. The van der Waals surface area contributed by atoms with E-state index in [0.29, 0.717) is 26.9 Å². The van der Waals surface area contributed by atoms with Crippen LogP contribution in [0.2, 0.25) is 10.0 Å². The average Bonchev–Trinajstić information content (AvgIpc) is 2.61. The maximum absolute atomic E-state index is 11.9. The normalized spacial score (nSPS) is 10.5. The van der Waals surface area contributed by atoms with Gasteiger partial charge in [-0.25, -0.2) is 5.43 Å². The number of benzene rings is 2. The molecule has 2 rings (SSSR count). The summed E-state index contributed by atoms with van der Waals surface area (Å²) < 4.78 is 5.01. The van der Waals surface area contributed by atoms with Crippen molar-refractivity contribution >= 4 is 41.2 Å². The van der Waals surface area contributed by atoms with Gasteiger partial charge >= 0.3 is 0 Å². The van der Waals surface area contributed by atoms with E-state index in [2.05, 4.69) is 15.8 Å². The van der Waals surface area contributed by atoms with Crippen molar-refractivity contribution in [1.82, 2.24) is 10.7 Å². The minimum Gasteiger partial charge on any atom is -0.497 e. The molecule has 0 saturated carbocycles. The van der Waals surface area contributed by atoms with Gasteiger partial charge in [0, 0.05) is 16.1 Å². The van der Waals surface area contributed by atoms with Gasteiger partial charge < -0.3 is 10.1 Å². The zero-order valence-corrected chi connectivity index (χ0v) is 14.8. The summed E-state index contributed by atoms with van der Waals surface area (Å²) in [7, 11) is 1.54. The van der Waals surface area contributed by atoms with Crippen LogP contribution in [0, 0.1) is 0 Å². The molecule has 0 atom stereocenters. The van der Waals surface area contributed by atoms with Crippen LogP contribution in [-0.4, -0.2) is 31.7 Å². The van der Waals surface area contributed by atoms with Crippen molar-refractivity contribution in [3.8, 4) is 5.75 Å². The largest absolute Gasteiger partial charge is 0.497 e. The average molecular weight is 380 g/mol. The van der Waals surface area contributed by atoms with Gasteiger partial charge in [-0.3, -0.25) is 9.59 Å². The summed E-state index contributed by atoms with van der Waals surface area (Å²) in [6.07, 6.45) is 1.39. The molecule has 8 heteroatoms. The van der Waals surface area contributed by atoms with Crippen molar-refractivity contribution in [3.05, 3.63) is 63.6 Å². The lowest BCUT2D eigenvalue weighted by atomic mass is 10.2. The molecule has 2 N–H and O–H groups in total. The second-order valence-corrected chi connectivity index (χ2v) is 5.71. The summed E-state index contributed by atoms with van der Waals surface area (Å²) in [6, 6.07) is 11.4. The lowest BCUT2D eigenvalue weighted by Gasteiger charge is -2.05. The number of amides is 2. The molecule has 0 heterocycles. The molecule has 0 fully saturated rings. The SMILES string of the molecule is COc1ccc(C(=O)NCC(=O)N/N=C\c2ccc(Cl)cc2Cl)cc1. The molecule has 0 radical (unpaired) electrons. The van der Waals surface area contributed by atoms with Crippen molar-refractivity contribution in [1.29, 1.82) is 0 Å². The lowest BCUT2D eigenvalue weighted by molar-refractivity contribution is -0.120. The van der Waals surface area contributed by atoms with E-state index in [1.165, 1.54) is 13.3 Å². The molecule has 130 valence electrons. The highest BCUT2D eigenvalue weighted by atomic mass is 35.5. The van der Waals surface area contributed by atoms with E-state index in [0.717, 1.165) is 0 Å². The van der Waals surface area contributed by atoms with Crippen LogP contribution >= 0.6 is 23.2 Å². The topological polar surface area (TPSA) is 79.8 Å². The Bertz CT molecular complexity index is 792. The van der Waals surface area contributed by atoms with E-state index in [1.807, 2.05) is 0 Å². The van der Waals surface area contributed by atoms with Crippen LogP contribution in [-0.2, 0) is 4.79 Å². The van der Waals surface area contributed by atoms with E-state index >= 15 is 0 Å². The molecule has 0 aromatic heterocycles. The Morgan fingerprint density at radius 1 is 1.16 bits per heavy atom. The summed E-state index contributed by atoms with van der Waals surface area (Å²) in [5, 5.41) is 7.20. The Morgan fingerprint density at radius 2 is 1.88 bits per heavy atom.